The molecule has 1 aliphatic rings. The Bertz CT molecular complexity index is 667. The summed E-state index contributed by atoms with van der Waals surface area (Å²) in [6.45, 7) is 3.95. The van der Waals surface area contributed by atoms with E-state index in [0.29, 0.717) is 17.3 Å². The second-order valence-electron chi connectivity index (χ2n) is 5.18. The molecule has 0 radical (unpaired) electrons. The largest absolute Gasteiger partial charge is 0.462 e. The van der Waals surface area contributed by atoms with Crippen molar-refractivity contribution >= 4 is 36.7 Å². The Balaban J connectivity index is 0.00000144. The Morgan fingerprint density at radius 1 is 1.46 bits per heavy atom. The molecular weight excluding hydrogens is 357 g/mol. The van der Waals surface area contributed by atoms with Gasteiger partial charge in [0, 0.05) is 11.8 Å². The Morgan fingerprint density at radius 3 is 2.83 bits per heavy atom. The first kappa shape index (κ1) is 20.3. The van der Waals surface area contributed by atoms with E-state index in [-0.39, 0.29) is 42.9 Å². The summed E-state index contributed by atoms with van der Waals surface area (Å²) in [6, 6.07) is 0.352. The average molecular weight is 378 g/mol. The van der Waals surface area contributed by atoms with Crippen molar-refractivity contribution in [1.82, 2.24) is 20.3 Å². The van der Waals surface area contributed by atoms with Crippen molar-refractivity contribution in [3.63, 3.8) is 0 Å². The van der Waals surface area contributed by atoms with Crippen LogP contribution in [0.2, 0.25) is 0 Å². The normalized spacial score (nSPS) is 14.5. The maximum Gasteiger partial charge on any atom is 0.346 e. The van der Waals surface area contributed by atoms with E-state index in [1.54, 1.807) is 13.1 Å². The minimum absolute atomic E-state index is 0. The zero-order chi connectivity index (χ0) is 15.5. The van der Waals surface area contributed by atoms with Crippen molar-refractivity contribution in [2.24, 2.45) is 0 Å². The van der Waals surface area contributed by atoms with Crippen molar-refractivity contribution in [1.29, 1.82) is 0 Å². The first-order chi connectivity index (χ1) is 10.7. The molecule has 8 nitrogen and oxygen atoms in total. The van der Waals surface area contributed by atoms with Gasteiger partial charge in [0.1, 0.15) is 5.69 Å². The van der Waals surface area contributed by atoms with Crippen LogP contribution < -0.4 is 11.1 Å². The van der Waals surface area contributed by atoms with E-state index in [9.17, 15) is 4.79 Å². The summed E-state index contributed by atoms with van der Waals surface area (Å²) in [5, 5.41) is 11.6. The van der Waals surface area contributed by atoms with Gasteiger partial charge in [0.15, 0.2) is 5.56 Å². The molecule has 0 unspecified atom stereocenters. The Labute approximate surface area is 151 Å². The lowest BCUT2D eigenvalue weighted by Gasteiger charge is -2.22. The van der Waals surface area contributed by atoms with Crippen LogP contribution in [0.3, 0.4) is 0 Å². The number of nitrogens with one attached hydrogen (secondary N) is 1. The molecule has 134 valence electrons. The van der Waals surface area contributed by atoms with Gasteiger partial charge < -0.3 is 20.3 Å². The highest BCUT2D eigenvalue weighted by Crippen LogP contribution is 2.29. The number of nitrogens with two attached hydrogens (primary N) is 1. The highest BCUT2D eigenvalue weighted by Gasteiger charge is 2.25. The molecular formula is C14H21Cl2N5O3. The van der Waals surface area contributed by atoms with Crippen LogP contribution in [0.15, 0.2) is 16.9 Å². The molecule has 3 heterocycles. The van der Waals surface area contributed by atoms with Crippen LogP contribution in [0, 0.1) is 0 Å². The number of aromatic nitrogens is 3. The molecule has 3 rings (SSSR count). The summed E-state index contributed by atoms with van der Waals surface area (Å²) in [5.41, 5.74) is 6.92. The van der Waals surface area contributed by atoms with Gasteiger partial charge in [-0.25, -0.2) is 4.79 Å². The predicted octanol–water partition coefficient (Wildman–Crippen LogP) is 2.07. The first-order valence-corrected chi connectivity index (χ1v) is 7.38. The summed E-state index contributed by atoms with van der Waals surface area (Å²) in [7, 11) is 0. The number of nitrogen functional groups attached to an aromatic ring is 1. The number of piperidine rings is 1. The number of esters is 1. The maximum atomic E-state index is 12.0. The third-order valence-corrected chi connectivity index (χ3v) is 3.76. The molecule has 2 aromatic rings. The molecule has 0 saturated carbocycles. The topological polar surface area (TPSA) is 108 Å². The van der Waals surface area contributed by atoms with E-state index in [1.807, 2.05) is 10.9 Å². The summed E-state index contributed by atoms with van der Waals surface area (Å²) < 4.78 is 11.9. The molecule has 1 aliphatic heterocycles. The van der Waals surface area contributed by atoms with Crippen LogP contribution in [0.5, 0.6) is 0 Å². The van der Waals surface area contributed by atoms with Crippen molar-refractivity contribution in [2.75, 3.05) is 25.4 Å². The smallest absolute Gasteiger partial charge is 0.346 e. The fourth-order valence-corrected chi connectivity index (χ4v) is 2.63. The maximum absolute atomic E-state index is 12.0. The van der Waals surface area contributed by atoms with Crippen molar-refractivity contribution in [3.8, 4) is 11.3 Å². The van der Waals surface area contributed by atoms with Crippen LogP contribution in [0.1, 0.15) is 36.2 Å². The summed E-state index contributed by atoms with van der Waals surface area (Å²) in [4.78, 5) is 12.0. The van der Waals surface area contributed by atoms with Crippen molar-refractivity contribution < 1.29 is 14.1 Å². The third kappa shape index (κ3) is 4.00. The fraction of sp³-hybridized carbons (Fsp3) is 0.500. The minimum atomic E-state index is -0.536. The molecule has 24 heavy (non-hydrogen) atoms. The van der Waals surface area contributed by atoms with E-state index < -0.39 is 5.97 Å². The van der Waals surface area contributed by atoms with Gasteiger partial charge in [0.05, 0.1) is 18.8 Å². The molecule has 0 spiro atoms. The average Bonchev–Trinajstić information content (AvgIpc) is 3.15. The lowest BCUT2D eigenvalue weighted by Crippen LogP contribution is -2.29. The molecule has 2 aromatic heterocycles. The van der Waals surface area contributed by atoms with Gasteiger partial charge in [-0.3, -0.25) is 4.68 Å². The quantitative estimate of drug-likeness (QED) is 0.784. The highest BCUT2D eigenvalue weighted by atomic mass is 35.5. The van der Waals surface area contributed by atoms with Gasteiger partial charge in [-0.15, -0.1) is 24.8 Å². The van der Waals surface area contributed by atoms with Crippen molar-refractivity contribution in [3.05, 3.63) is 18.0 Å². The molecule has 0 aliphatic carbocycles. The summed E-state index contributed by atoms with van der Waals surface area (Å²) in [5.74, 6) is -0.575. The third-order valence-electron chi connectivity index (χ3n) is 3.76. The number of halogens is 2. The number of rotatable bonds is 4. The molecule has 1 saturated heterocycles. The highest BCUT2D eigenvalue weighted by molar-refractivity contribution is 6.00. The number of carbonyl (C=O) groups excluding carboxylic acids is 1. The Hall–Kier alpha value is -1.77. The van der Waals surface area contributed by atoms with E-state index in [4.69, 9.17) is 15.0 Å². The number of carbonyl (C=O) groups is 1. The minimum Gasteiger partial charge on any atom is -0.462 e. The predicted molar refractivity (Wildman–Crippen MR) is 93.7 cm³/mol. The fourth-order valence-electron chi connectivity index (χ4n) is 2.63. The van der Waals surface area contributed by atoms with Gasteiger partial charge in [0.2, 0.25) is 5.88 Å². The number of ether oxygens (including phenoxy) is 1. The van der Waals surface area contributed by atoms with Gasteiger partial charge >= 0.3 is 5.97 Å². The lowest BCUT2D eigenvalue weighted by molar-refractivity contribution is 0.0528. The zero-order valence-corrected chi connectivity index (χ0v) is 14.9. The molecule has 0 aromatic carbocycles. The zero-order valence-electron chi connectivity index (χ0n) is 13.2. The second-order valence-corrected chi connectivity index (χ2v) is 5.18. The Morgan fingerprint density at radius 2 is 2.17 bits per heavy atom. The standard InChI is InChI=1S/C14H19N5O3.2ClH/c1-2-21-14(20)11-12(18-22-13(11)15)9-7-17-19(8-9)10-3-5-16-6-4-10;;/h7-8,10,16H,2-6,15H2,1H3;2*1H. The van der Waals surface area contributed by atoms with E-state index >= 15 is 0 Å². The molecule has 1 fully saturated rings. The van der Waals surface area contributed by atoms with E-state index in [1.165, 1.54) is 0 Å². The monoisotopic (exact) mass is 377 g/mol. The van der Waals surface area contributed by atoms with Gasteiger partial charge in [0.25, 0.3) is 0 Å². The van der Waals surface area contributed by atoms with Crippen LogP contribution in [0.4, 0.5) is 5.88 Å². The van der Waals surface area contributed by atoms with Gasteiger partial charge in [-0.2, -0.15) is 5.10 Å². The number of hydrogen-bond donors (Lipinski definition) is 2. The SMILES string of the molecule is CCOC(=O)c1c(-c2cnn(C3CCNCC3)c2)noc1N.Cl.Cl. The molecule has 0 atom stereocenters. The number of hydrogen-bond acceptors (Lipinski definition) is 7. The lowest BCUT2D eigenvalue weighted by atomic mass is 10.1. The summed E-state index contributed by atoms with van der Waals surface area (Å²) in [6.07, 6.45) is 5.58. The van der Waals surface area contributed by atoms with Crippen molar-refractivity contribution in [2.45, 2.75) is 25.8 Å². The van der Waals surface area contributed by atoms with Crippen LogP contribution in [0.25, 0.3) is 11.3 Å². The van der Waals surface area contributed by atoms with E-state index in [2.05, 4.69) is 15.6 Å². The molecule has 0 bridgehead atoms. The summed E-state index contributed by atoms with van der Waals surface area (Å²) >= 11 is 0. The van der Waals surface area contributed by atoms with Gasteiger partial charge in [-0.1, -0.05) is 5.16 Å². The number of anilines is 1. The molecule has 10 heteroatoms. The molecule has 0 amide bonds. The van der Waals surface area contributed by atoms with Crippen LogP contribution >= 0.6 is 24.8 Å². The number of nitrogens with zero attached hydrogens (tertiary/aromatic N) is 3. The van der Waals surface area contributed by atoms with Gasteiger partial charge in [-0.05, 0) is 32.9 Å². The van der Waals surface area contributed by atoms with Crippen LogP contribution in [-0.2, 0) is 4.74 Å². The Kier molecular flexibility index (Phi) is 7.53. The first-order valence-electron chi connectivity index (χ1n) is 7.38. The second kappa shape index (κ2) is 8.91. The van der Waals surface area contributed by atoms with E-state index in [0.717, 1.165) is 25.9 Å². The molecule has 3 N–H and O–H groups in total. The van der Waals surface area contributed by atoms with Crippen LogP contribution in [-0.4, -0.2) is 40.6 Å².